The Morgan fingerprint density at radius 2 is 2.10 bits per heavy atom. The average molecular weight is 283 g/mol. The summed E-state index contributed by atoms with van der Waals surface area (Å²) in [5.41, 5.74) is 8.80. The van der Waals surface area contributed by atoms with Gasteiger partial charge in [0.15, 0.2) is 0 Å². The quantitative estimate of drug-likeness (QED) is 0.854. The molecule has 0 aliphatic heterocycles. The van der Waals surface area contributed by atoms with Gasteiger partial charge in [-0.05, 0) is 30.4 Å². The summed E-state index contributed by atoms with van der Waals surface area (Å²) in [7, 11) is 1.31. The summed E-state index contributed by atoms with van der Waals surface area (Å²) < 4.78 is 4.65. The Morgan fingerprint density at radius 3 is 2.81 bits per heavy atom. The minimum Gasteiger partial charge on any atom is -0.465 e. The number of aryl methyl sites for hydroxylation is 1. The van der Waals surface area contributed by atoms with Crippen molar-refractivity contribution in [1.82, 2.24) is 9.97 Å². The second kappa shape index (κ2) is 5.52. The molecule has 0 amide bonds. The molecule has 2 N–H and O–H groups in total. The van der Waals surface area contributed by atoms with Crippen molar-refractivity contribution >= 4 is 11.8 Å². The lowest BCUT2D eigenvalue weighted by Gasteiger charge is -2.23. The van der Waals surface area contributed by atoms with E-state index in [1.54, 1.807) is 0 Å². The van der Waals surface area contributed by atoms with Gasteiger partial charge in [-0.15, -0.1) is 0 Å². The summed E-state index contributed by atoms with van der Waals surface area (Å²) in [5, 5.41) is 0. The molecule has 1 heterocycles. The van der Waals surface area contributed by atoms with E-state index in [2.05, 4.69) is 39.0 Å². The molecule has 0 saturated heterocycles. The molecule has 3 rings (SSSR count). The maximum absolute atomic E-state index is 11.5. The lowest BCUT2D eigenvalue weighted by atomic mass is 9.83. The van der Waals surface area contributed by atoms with Gasteiger partial charge in [-0.25, -0.2) is 14.8 Å². The van der Waals surface area contributed by atoms with Crippen molar-refractivity contribution in [2.75, 3.05) is 12.8 Å². The van der Waals surface area contributed by atoms with Crippen molar-refractivity contribution in [2.45, 2.75) is 25.2 Å². The number of hydrogen-bond acceptors (Lipinski definition) is 5. The van der Waals surface area contributed by atoms with Gasteiger partial charge in [0, 0.05) is 12.1 Å². The molecule has 1 aromatic heterocycles. The van der Waals surface area contributed by atoms with Crippen LogP contribution in [0.25, 0.3) is 0 Å². The molecule has 1 aromatic carbocycles. The maximum atomic E-state index is 11.5. The van der Waals surface area contributed by atoms with Gasteiger partial charge in [-0.1, -0.05) is 24.3 Å². The predicted octanol–water partition coefficient (Wildman–Crippen LogP) is 2.12. The summed E-state index contributed by atoms with van der Waals surface area (Å²) >= 11 is 0. The third kappa shape index (κ3) is 2.59. The SMILES string of the molecule is COC(=O)c1cnc(C2CCc3ccccc3C2)nc1N. The molecule has 5 nitrogen and oxygen atoms in total. The third-order valence-electron chi connectivity index (χ3n) is 3.95. The minimum atomic E-state index is -0.506. The molecule has 21 heavy (non-hydrogen) atoms. The standard InChI is InChI=1S/C16H17N3O2/c1-21-16(20)13-9-18-15(19-14(13)17)12-7-6-10-4-2-3-5-11(10)8-12/h2-5,9,12H,6-8H2,1H3,(H2,17,18,19). The molecular formula is C16H17N3O2. The number of benzene rings is 1. The number of aromatic nitrogens is 2. The highest BCUT2D eigenvalue weighted by Gasteiger charge is 2.23. The van der Waals surface area contributed by atoms with Crippen LogP contribution in [0.5, 0.6) is 0 Å². The van der Waals surface area contributed by atoms with Crippen molar-refractivity contribution < 1.29 is 9.53 Å². The zero-order valence-electron chi connectivity index (χ0n) is 11.9. The molecule has 0 fully saturated rings. The van der Waals surface area contributed by atoms with E-state index in [0.717, 1.165) is 19.3 Å². The fraction of sp³-hybridized carbons (Fsp3) is 0.312. The third-order valence-corrected chi connectivity index (χ3v) is 3.95. The predicted molar refractivity (Wildman–Crippen MR) is 79.0 cm³/mol. The van der Waals surface area contributed by atoms with Gasteiger partial charge in [0.1, 0.15) is 17.2 Å². The molecule has 1 aliphatic carbocycles. The summed E-state index contributed by atoms with van der Waals surface area (Å²) in [6.45, 7) is 0. The molecular weight excluding hydrogens is 266 g/mol. The molecule has 0 saturated carbocycles. The van der Waals surface area contributed by atoms with Crippen molar-refractivity contribution in [3.8, 4) is 0 Å². The van der Waals surface area contributed by atoms with Gasteiger partial charge in [0.25, 0.3) is 0 Å². The topological polar surface area (TPSA) is 78.1 Å². The van der Waals surface area contributed by atoms with Crippen LogP contribution in [0, 0.1) is 0 Å². The van der Waals surface area contributed by atoms with Crippen LogP contribution < -0.4 is 5.73 Å². The Bertz CT molecular complexity index is 685. The number of fused-ring (bicyclic) bond motifs is 1. The van der Waals surface area contributed by atoms with Crippen molar-refractivity contribution in [1.29, 1.82) is 0 Å². The van der Waals surface area contributed by atoms with E-state index in [4.69, 9.17) is 5.73 Å². The zero-order chi connectivity index (χ0) is 14.8. The number of nitrogens with zero attached hydrogens (tertiary/aromatic N) is 2. The fourth-order valence-electron chi connectivity index (χ4n) is 2.79. The number of hydrogen-bond donors (Lipinski definition) is 1. The Balaban J connectivity index is 1.86. The van der Waals surface area contributed by atoms with Crippen LogP contribution in [0.15, 0.2) is 30.5 Å². The number of carbonyl (C=O) groups excluding carboxylic acids is 1. The maximum Gasteiger partial charge on any atom is 0.343 e. The van der Waals surface area contributed by atoms with Gasteiger partial charge in [0.05, 0.1) is 7.11 Å². The van der Waals surface area contributed by atoms with E-state index < -0.39 is 5.97 Å². The van der Waals surface area contributed by atoms with Gasteiger partial charge in [0.2, 0.25) is 0 Å². The number of carbonyl (C=O) groups is 1. The highest BCUT2D eigenvalue weighted by molar-refractivity contribution is 5.93. The van der Waals surface area contributed by atoms with E-state index in [1.165, 1.54) is 24.4 Å². The molecule has 1 aliphatic rings. The second-order valence-corrected chi connectivity index (χ2v) is 5.23. The molecule has 0 spiro atoms. The summed E-state index contributed by atoms with van der Waals surface area (Å²) in [6, 6.07) is 8.43. The summed E-state index contributed by atoms with van der Waals surface area (Å²) in [5.74, 6) is 0.627. The molecule has 2 aromatic rings. The van der Waals surface area contributed by atoms with E-state index in [-0.39, 0.29) is 17.3 Å². The molecule has 1 unspecified atom stereocenters. The van der Waals surface area contributed by atoms with Crippen LogP contribution in [0.3, 0.4) is 0 Å². The highest BCUT2D eigenvalue weighted by atomic mass is 16.5. The van der Waals surface area contributed by atoms with E-state index in [0.29, 0.717) is 5.82 Å². The first-order valence-corrected chi connectivity index (χ1v) is 6.96. The lowest BCUT2D eigenvalue weighted by molar-refractivity contribution is 0.0601. The number of nitrogens with two attached hydrogens (primary N) is 1. The van der Waals surface area contributed by atoms with Crippen LogP contribution in [-0.4, -0.2) is 23.0 Å². The smallest absolute Gasteiger partial charge is 0.343 e. The first-order valence-electron chi connectivity index (χ1n) is 6.96. The largest absolute Gasteiger partial charge is 0.465 e. The number of anilines is 1. The van der Waals surface area contributed by atoms with Crippen molar-refractivity contribution in [3.63, 3.8) is 0 Å². The minimum absolute atomic E-state index is 0.186. The van der Waals surface area contributed by atoms with E-state index in [1.807, 2.05) is 0 Å². The van der Waals surface area contributed by atoms with Gasteiger partial charge in [-0.3, -0.25) is 0 Å². The van der Waals surface area contributed by atoms with Crippen LogP contribution >= 0.6 is 0 Å². The Hall–Kier alpha value is -2.43. The molecule has 1 atom stereocenters. The number of rotatable bonds is 2. The van der Waals surface area contributed by atoms with Gasteiger partial charge >= 0.3 is 5.97 Å². The molecule has 0 radical (unpaired) electrons. The highest BCUT2D eigenvalue weighted by Crippen LogP contribution is 2.31. The van der Waals surface area contributed by atoms with Gasteiger partial charge < -0.3 is 10.5 Å². The zero-order valence-corrected chi connectivity index (χ0v) is 11.9. The first kappa shape index (κ1) is 13.5. The average Bonchev–Trinajstić information content (AvgIpc) is 2.53. The van der Waals surface area contributed by atoms with Crippen molar-refractivity contribution in [3.05, 3.63) is 53.0 Å². The van der Waals surface area contributed by atoms with Crippen LogP contribution in [-0.2, 0) is 17.6 Å². The second-order valence-electron chi connectivity index (χ2n) is 5.23. The Labute approximate surface area is 123 Å². The number of nitrogen functional groups attached to an aromatic ring is 1. The number of ether oxygens (including phenoxy) is 1. The van der Waals surface area contributed by atoms with Crippen LogP contribution in [0.2, 0.25) is 0 Å². The number of methoxy groups -OCH3 is 1. The molecule has 5 heteroatoms. The summed E-state index contributed by atoms with van der Waals surface area (Å²) in [4.78, 5) is 20.1. The van der Waals surface area contributed by atoms with E-state index >= 15 is 0 Å². The summed E-state index contributed by atoms with van der Waals surface area (Å²) in [6.07, 6.45) is 4.38. The fourth-order valence-corrected chi connectivity index (χ4v) is 2.79. The Kier molecular flexibility index (Phi) is 3.56. The monoisotopic (exact) mass is 283 g/mol. The Morgan fingerprint density at radius 1 is 1.33 bits per heavy atom. The van der Waals surface area contributed by atoms with Gasteiger partial charge in [-0.2, -0.15) is 0 Å². The lowest BCUT2D eigenvalue weighted by Crippen LogP contribution is -2.17. The molecule has 108 valence electrons. The normalized spacial score (nSPS) is 17.1. The molecule has 0 bridgehead atoms. The van der Waals surface area contributed by atoms with Crippen LogP contribution in [0.1, 0.15) is 39.6 Å². The first-order chi connectivity index (χ1) is 10.2. The number of esters is 1. The van der Waals surface area contributed by atoms with E-state index in [9.17, 15) is 4.79 Å². The van der Waals surface area contributed by atoms with Crippen LogP contribution in [0.4, 0.5) is 5.82 Å². The van der Waals surface area contributed by atoms with Crippen molar-refractivity contribution in [2.24, 2.45) is 0 Å².